The Hall–Kier alpha value is -3.06. The van der Waals surface area contributed by atoms with Crippen molar-refractivity contribution in [2.45, 2.75) is 6.04 Å². The summed E-state index contributed by atoms with van der Waals surface area (Å²) in [5.74, 6) is -1.44. The van der Waals surface area contributed by atoms with Gasteiger partial charge in [-0.05, 0) is 43.9 Å². The summed E-state index contributed by atoms with van der Waals surface area (Å²) in [7, 11) is 7.69. The van der Waals surface area contributed by atoms with Crippen LogP contribution in [0.1, 0.15) is 22.2 Å². The Morgan fingerprint density at radius 2 is 1.82 bits per heavy atom. The number of rotatable bonds is 7. The number of amides is 1. The van der Waals surface area contributed by atoms with Gasteiger partial charge >= 0.3 is 0 Å². The van der Waals surface area contributed by atoms with Crippen LogP contribution in [0.5, 0.6) is 0 Å². The van der Waals surface area contributed by atoms with Crippen molar-refractivity contribution in [1.29, 1.82) is 0 Å². The first-order chi connectivity index (χ1) is 13.3. The van der Waals surface area contributed by atoms with E-state index in [1.54, 1.807) is 6.07 Å². The molecule has 2 heterocycles. The molecule has 3 rings (SSSR count). The zero-order valence-electron chi connectivity index (χ0n) is 16.5. The second-order valence-electron chi connectivity index (χ2n) is 7.26. The number of benzene rings is 1. The van der Waals surface area contributed by atoms with E-state index in [0.717, 1.165) is 11.3 Å². The second kappa shape index (κ2) is 7.90. The van der Waals surface area contributed by atoms with Crippen molar-refractivity contribution < 1.29 is 19.1 Å². The molecule has 0 fully saturated rings. The third kappa shape index (κ3) is 3.66. The molecule has 1 aromatic carbocycles. The molecule has 0 saturated heterocycles. The minimum atomic E-state index is -0.665. The fourth-order valence-corrected chi connectivity index (χ4v) is 3.27. The molecular formula is C21H25N3O4. The topological polar surface area (TPSA) is 77.2 Å². The van der Waals surface area contributed by atoms with Crippen molar-refractivity contribution in [3.05, 3.63) is 65.3 Å². The highest BCUT2D eigenvalue weighted by Crippen LogP contribution is 2.39. The third-order valence-electron chi connectivity index (χ3n) is 4.81. The minimum absolute atomic E-state index is 0.0521. The first kappa shape index (κ1) is 19.7. The molecule has 0 radical (unpaired) electrons. The normalized spacial score (nSPS) is 17.0. The lowest BCUT2D eigenvalue weighted by atomic mass is 9.95. The maximum Gasteiger partial charge on any atom is 0.290 e. The average Bonchev–Trinajstić information content (AvgIpc) is 3.28. The smallest absolute Gasteiger partial charge is 0.290 e. The van der Waals surface area contributed by atoms with Gasteiger partial charge in [0.25, 0.3) is 5.91 Å². The number of carbonyl (C=O) groups is 2. The van der Waals surface area contributed by atoms with Gasteiger partial charge in [-0.1, -0.05) is 12.1 Å². The van der Waals surface area contributed by atoms with Crippen LogP contribution in [0.3, 0.4) is 0 Å². The Morgan fingerprint density at radius 3 is 2.36 bits per heavy atom. The van der Waals surface area contributed by atoms with Crippen LogP contribution in [0.25, 0.3) is 0 Å². The van der Waals surface area contributed by atoms with E-state index in [2.05, 4.69) is 0 Å². The van der Waals surface area contributed by atoms with E-state index in [9.17, 15) is 14.7 Å². The maximum atomic E-state index is 13.0. The lowest BCUT2D eigenvalue weighted by molar-refractivity contribution is -0.129. The molecule has 1 atom stereocenters. The molecule has 7 heteroatoms. The number of carbonyl (C=O) groups excluding carboxylic acids is 2. The van der Waals surface area contributed by atoms with E-state index in [0.29, 0.717) is 13.1 Å². The molecular weight excluding hydrogens is 358 g/mol. The monoisotopic (exact) mass is 383 g/mol. The molecule has 0 spiro atoms. The van der Waals surface area contributed by atoms with E-state index in [-0.39, 0.29) is 11.3 Å². The zero-order valence-corrected chi connectivity index (χ0v) is 16.5. The van der Waals surface area contributed by atoms with Gasteiger partial charge in [0, 0.05) is 32.9 Å². The van der Waals surface area contributed by atoms with Crippen LogP contribution < -0.4 is 4.90 Å². The molecule has 0 bridgehead atoms. The zero-order chi connectivity index (χ0) is 20.4. The molecule has 1 aliphatic rings. The van der Waals surface area contributed by atoms with Crippen LogP contribution in [0.4, 0.5) is 5.69 Å². The standard InChI is InChI=1S/C21H25N3O4/c1-22(2)11-12-24-18(14-7-9-15(10-8-14)23(3)4)17(20(26)21(24)27)19(25)16-6-5-13-28-16/h5-10,13,18,26H,11-12H2,1-4H3. The average molecular weight is 383 g/mol. The van der Waals surface area contributed by atoms with E-state index in [4.69, 9.17) is 4.42 Å². The van der Waals surface area contributed by atoms with Gasteiger partial charge in [-0.15, -0.1) is 0 Å². The van der Waals surface area contributed by atoms with Gasteiger partial charge in [-0.2, -0.15) is 0 Å². The van der Waals surface area contributed by atoms with Gasteiger partial charge in [-0.3, -0.25) is 9.59 Å². The van der Waals surface area contributed by atoms with Crippen LogP contribution in [-0.4, -0.2) is 67.9 Å². The number of likely N-dealkylation sites (N-methyl/N-ethyl adjacent to an activating group) is 1. The summed E-state index contributed by atoms with van der Waals surface area (Å²) in [4.78, 5) is 31.2. The molecule has 1 N–H and O–H groups in total. The molecule has 1 unspecified atom stereocenters. The Morgan fingerprint density at radius 1 is 1.14 bits per heavy atom. The van der Waals surface area contributed by atoms with Crippen molar-refractivity contribution in [1.82, 2.24) is 9.80 Å². The van der Waals surface area contributed by atoms with Crippen molar-refractivity contribution in [3.8, 4) is 0 Å². The van der Waals surface area contributed by atoms with E-state index in [1.807, 2.05) is 62.3 Å². The Kier molecular flexibility index (Phi) is 5.56. The van der Waals surface area contributed by atoms with Crippen molar-refractivity contribution in [3.63, 3.8) is 0 Å². The number of anilines is 1. The van der Waals surface area contributed by atoms with Crippen molar-refractivity contribution >= 4 is 17.4 Å². The number of Topliss-reactive ketones (excluding diaryl/α,β-unsaturated/α-hetero) is 1. The first-order valence-corrected chi connectivity index (χ1v) is 9.05. The third-order valence-corrected chi connectivity index (χ3v) is 4.81. The predicted molar refractivity (Wildman–Crippen MR) is 106 cm³/mol. The van der Waals surface area contributed by atoms with Gasteiger partial charge < -0.3 is 24.2 Å². The molecule has 28 heavy (non-hydrogen) atoms. The maximum absolute atomic E-state index is 13.0. The highest BCUT2D eigenvalue weighted by molar-refractivity contribution is 6.15. The molecule has 148 valence electrons. The number of aliphatic hydroxyl groups is 1. The van der Waals surface area contributed by atoms with Gasteiger partial charge in [-0.25, -0.2) is 0 Å². The Labute approximate surface area is 164 Å². The van der Waals surface area contributed by atoms with Crippen molar-refractivity contribution in [2.75, 3.05) is 46.2 Å². The molecule has 1 aliphatic heterocycles. The van der Waals surface area contributed by atoms with E-state index < -0.39 is 23.5 Å². The molecule has 7 nitrogen and oxygen atoms in total. The number of hydrogen-bond donors (Lipinski definition) is 1. The number of furan rings is 1. The second-order valence-corrected chi connectivity index (χ2v) is 7.26. The molecule has 1 aromatic heterocycles. The highest BCUT2D eigenvalue weighted by atomic mass is 16.3. The number of hydrogen-bond acceptors (Lipinski definition) is 6. The van der Waals surface area contributed by atoms with Gasteiger partial charge in [0.2, 0.25) is 5.78 Å². The Balaban J connectivity index is 2.04. The summed E-state index contributed by atoms with van der Waals surface area (Å²) in [5, 5.41) is 10.5. The minimum Gasteiger partial charge on any atom is -0.503 e. The first-order valence-electron chi connectivity index (χ1n) is 9.05. The molecule has 0 saturated carbocycles. The van der Waals surface area contributed by atoms with Crippen LogP contribution >= 0.6 is 0 Å². The summed E-state index contributed by atoms with van der Waals surface area (Å²) in [6.07, 6.45) is 1.40. The molecule has 2 aromatic rings. The summed E-state index contributed by atoms with van der Waals surface area (Å²) < 4.78 is 5.22. The predicted octanol–water partition coefficient (Wildman–Crippen LogP) is 2.49. The van der Waals surface area contributed by atoms with Crippen LogP contribution in [-0.2, 0) is 4.79 Å². The number of aliphatic hydroxyl groups excluding tert-OH is 1. The summed E-state index contributed by atoms with van der Waals surface area (Å²) in [6, 6.07) is 10.1. The lowest BCUT2D eigenvalue weighted by Gasteiger charge is -2.28. The summed E-state index contributed by atoms with van der Waals surface area (Å²) >= 11 is 0. The van der Waals surface area contributed by atoms with Gasteiger partial charge in [0.15, 0.2) is 11.5 Å². The van der Waals surface area contributed by atoms with Crippen LogP contribution in [0, 0.1) is 0 Å². The highest BCUT2D eigenvalue weighted by Gasteiger charge is 2.44. The van der Waals surface area contributed by atoms with Crippen molar-refractivity contribution in [2.24, 2.45) is 0 Å². The number of ketones is 1. The molecule has 0 aliphatic carbocycles. The van der Waals surface area contributed by atoms with Crippen LogP contribution in [0.15, 0.2) is 58.4 Å². The quantitative estimate of drug-likeness (QED) is 0.741. The van der Waals surface area contributed by atoms with E-state index >= 15 is 0 Å². The van der Waals surface area contributed by atoms with Gasteiger partial charge in [0.1, 0.15) is 0 Å². The van der Waals surface area contributed by atoms with Crippen LogP contribution in [0.2, 0.25) is 0 Å². The fourth-order valence-electron chi connectivity index (χ4n) is 3.27. The lowest BCUT2D eigenvalue weighted by Crippen LogP contribution is -2.36. The Bertz CT molecular complexity index is 883. The summed E-state index contributed by atoms with van der Waals surface area (Å²) in [6.45, 7) is 0.985. The number of nitrogens with zero attached hydrogens (tertiary/aromatic N) is 3. The SMILES string of the molecule is CN(C)CCN1C(=O)C(O)=C(C(=O)c2ccco2)C1c1ccc(N(C)C)cc1. The molecule has 1 amide bonds. The largest absolute Gasteiger partial charge is 0.503 e. The van der Waals surface area contributed by atoms with Gasteiger partial charge in [0.05, 0.1) is 17.9 Å². The van der Waals surface area contributed by atoms with E-state index in [1.165, 1.54) is 17.2 Å². The summed E-state index contributed by atoms with van der Waals surface area (Å²) in [5.41, 5.74) is 1.81. The fraction of sp³-hybridized carbons (Fsp3) is 0.333.